The molecule has 1 saturated heterocycles. The number of rotatable bonds is 4. The zero-order chi connectivity index (χ0) is 19.1. The Bertz CT molecular complexity index is 824. The fraction of sp³-hybridized carbons (Fsp3) is 0.409. The van der Waals surface area contributed by atoms with E-state index in [9.17, 15) is 4.79 Å². The van der Waals surface area contributed by atoms with Crippen LogP contribution >= 0.6 is 0 Å². The lowest BCUT2D eigenvalue weighted by molar-refractivity contribution is -0.286. The number of hydrogen-bond acceptors (Lipinski definition) is 4. The number of hydrogen-bond donors (Lipinski definition) is 0. The van der Waals surface area contributed by atoms with Gasteiger partial charge in [-0.2, -0.15) is 0 Å². The second-order valence-corrected chi connectivity index (χ2v) is 8.25. The van der Waals surface area contributed by atoms with Gasteiger partial charge in [0.15, 0.2) is 0 Å². The van der Waals surface area contributed by atoms with Crippen LogP contribution in [0.25, 0.3) is 0 Å². The van der Waals surface area contributed by atoms with Crippen LogP contribution in [-0.2, 0) is 26.6 Å². The summed E-state index contributed by atoms with van der Waals surface area (Å²) in [5.74, 6) is -1.45. The van der Waals surface area contributed by atoms with Crippen LogP contribution in [0.3, 0.4) is 0 Å². The van der Waals surface area contributed by atoms with E-state index in [2.05, 4.69) is 30.9 Å². The highest BCUT2D eigenvalue weighted by atomic mass is 16.7. The number of carbonyl (C=O) groups excluding carboxylic acids is 1. The molecule has 0 radical (unpaired) electrons. The van der Waals surface area contributed by atoms with E-state index in [1.165, 1.54) is 5.56 Å². The van der Waals surface area contributed by atoms with Gasteiger partial charge in [-0.25, -0.2) is 0 Å². The molecule has 4 rings (SSSR count). The van der Waals surface area contributed by atoms with Crippen LogP contribution in [0.15, 0.2) is 54.6 Å². The molecule has 5 heteroatoms. The summed E-state index contributed by atoms with van der Waals surface area (Å²) < 4.78 is 12.2. The van der Waals surface area contributed by atoms with Crippen LogP contribution in [0.2, 0.25) is 0 Å². The molecule has 2 aromatic carbocycles. The van der Waals surface area contributed by atoms with Crippen LogP contribution in [0, 0.1) is 5.41 Å². The van der Waals surface area contributed by atoms with Crippen molar-refractivity contribution in [1.29, 1.82) is 0 Å². The Morgan fingerprint density at radius 1 is 1.00 bits per heavy atom. The van der Waals surface area contributed by atoms with Crippen molar-refractivity contribution < 1.29 is 14.3 Å². The Kier molecular flexibility index (Phi) is 4.54. The van der Waals surface area contributed by atoms with E-state index in [-0.39, 0.29) is 11.3 Å². The fourth-order valence-corrected chi connectivity index (χ4v) is 3.67. The monoisotopic (exact) mass is 366 g/mol. The zero-order valence-corrected chi connectivity index (χ0v) is 16.1. The predicted octanol–water partition coefficient (Wildman–Crippen LogP) is 3.35. The molecule has 0 saturated carbocycles. The van der Waals surface area contributed by atoms with Gasteiger partial charge >= 0.3 is 0 Å². The lowest BCUT2D eigenvalue weighted by Gasteiger charge is -2.40. The molecule has 0 aromatic heterocycles. The molecule has 2 aliphatic heterocycles. The van der Waals surface area contributed by atoms with E-state index in [0.29, 0.717) is 19.9 Å². The summed E-state index contributed by atoms with van der Waals surface area (Å²) in [5.41, 5.74) is 2.78. The first-order chi connectivity index (χ1) is 12.9. The number of fused-ring (bicyclic) bond motifs is 2. The van der Waals surface area contributed by atoms with Crippen molar-refractivity contribution >= 4 is 11.6 Å². The van der Waals surface area contributed by atoms with Gasteiger partial charge in [-0.15, -0.1) is 0 Å². The van der Waals surface area contributed by atoms with Gasteiger partial charge in [-0.1, -0.05) is 62.4 Å². The molecular weight excluding hydrogens is 340 g/mol. The molecule has 1 fully saturated rings. The van der Waals surface area contributed by atoms with Gasteiger partial charge in [0.25, 0.3) is 11.7 Å². The van der Waals surface area contributed by atoms with Gasteiger partial charge in [0.2, 0.25) is 0 Å². The molecule has 2 aromatic rings. The van der Waals surface area contributed by atoms with E-state index >= 15 is 0 Å². The first kappa shape index (κ1) is 18.2. The summed E-state index contributed by atoms with van der Waals surface area (Å²) in [6.07, 6.45) is 0. The van der Waals surface area contributed by atoms with E-state index in [1.54, 1.807) is 4.90 Å². The quantitative estimate of drug-likeness (QED) is 0.832. The molecule has 2 aliphatic rings. The number of amides is 1. The Morgan fingerprint density at radius 2 is 1.63 bits per heavy atom. The molecular formula is C22H26N2O3. The molecule has 0 N–H and O–H groups in total. The van der Waals surface area contributed by atoms with Crippen LogP contribution in [0.5, 0.6) is 0 Å². The number of benzene rings is 2. The first-order valence-corrected chi connectivity index (χ1v) is 9.33. The Labute approximate surface area is 160 Å². The summed E-state index contributed by atoms with van der Waals surface area (Å²) in [7, 11) is 2.01. The van der Waals surface area contributed by atoms with Crippen LogP contribution in [0.1, 0.15) is 25.0 Å². The maximum absolute atomic E-state index is 13.4. The summed E-state index contributed by atoms with van der Waals surface area (Å²) in [6.45, 7) is 6.37. The molecule has 1 spiro atoms. The molecule has 0 aliphatic carbocycles. The van der Waals surface area contributed by atoms with Crippen molar-refractivity contribution in [2.75, 3.05) is 31.8 Å². The van der Waals surface area contributed by atoms with E-state index in [1.807, 2.05) is 49.5 Å². The third kappa shape index (κ3) is 3.27. The average Bonchev–Trinajstić information content (AvgIpc) is 2.88. The highest BCUT2D eigenvalue weighted by Gasteiger charge is 2.56. The Morgan fingerprint density at radius 3 is 2.33 bits per heavy atom. The maximum Gasteiger partial charge on any atom is 0.293 e. The summed E-state index contributed by atoms with van der Waals surface area (Å²) in [4.78, 5) is 17.3. The smallest absolute Gasteiger partial charge is 0.293 e. The molecule has 1 amide bonds. The minimum atomic E-state index is -1.31. The highest BCUT2D eigenvalue weighted by Crippen LogP contribution is 2.47. The minimum absolute atomic E-state index is 0.0992. The molecule has 0 atom stereocenters. The summed E-state index contributed by atoms with van der Waals surface area (Å²) in [6, 6.07) is 18.0. The van der Waals surface area contributed by atoms with Crippen molar-refractivity contribution in [3.8, 4) is 0 Å². The van der Waals surface area contributed by atoms with E-state index in [0.717, 1.165) is 17.8 Å². The van der Waals surface area contributed by atoms with Crippen molar-refractivity contribution in [3.05, 3.63) is 65.7 Å². The molecule has 142 valence electrons. The van der Waals surface area contributed by atoms with Crippen molar-refractivity contribution in [2.24, 2.45) is 5.41 Å². The maximum atomic E-state index is 13.4. The van der Waals surface area contributed by atoms with Gasteiger partial charge in [0.1, 0.15) is 0 Å². The van der Waals surface area contributed by atoms with E-state index in [4.69, 9.17) is 9.47 Å². The number of anilines is 1. The molecule has 0 bridgehead atoms. The lowest BCUT2D eigenvalue weighted by Crippen LogP contribution is -2.52. The van der Waals surface area contributed by atoms with Gasteiger partial charge in [-0.3, -0.25) is 14.6 Å². The van der Waals surface area contributed by atoms with Crippen LogP contribution in [0.4, 0.5) is 5.69 Å². The van der Waals surface area contributed by atoms with Gasteiger partial charge in [0, 0.05) is 17.5 Å². The van der Waals surface area contributed by atoms with Gasteiger partial charge in [0.05, 0.1) is 25.6 Å². The lowest BCUT2D eigenvalue weighted by atomic mass is 9.93. The molecule has 27 heavy (non-hydrogen) atoms. The first-order valence-electron chi connectivity index (χ1n) is 9.33. The molecule has 0 unspecified atom stereocenters. The zero-order valence-electron chi connectivity index (χ0n) is 16.1. The Balaban J connectivity index is 1.58. The van der Waals surface area contributed by atoms with Gasteiger partial charge < -0.3 is 9.47 Å². The molecule has 5 nitrogen and oxygen atoms in total. The van der Waals surface area contributed by atoms with Crippen LogP contribution < -0.4 is 4.90 Å². The summed E-state index contributed by atoms with van der Waals surface area (Å²) in [5, 5.41) is 0. The van der Waals surface area contributed by atoms with Gasteiger partial charge in [-0.05, 0) is 18.7 Å². The topological polar surface area (TPSA) is 42.0 Å². The highest BCUT2D eigenvalue weighted by molar-refractivity contribution is 6.06. The second kappa shape index (κ2) is 6.75. The van der Waals surface area contributed by atoms with Crippen molar-refractivity contribution in [3.63, 3.8) is 0 Å². The number of ether oxygens (including phenoxy) is 2. The van der Waals surface area contributed by atoms with E-state index < -0.39 is 5.79 Å². The fourth-order valence-electron chi connectivity index (χ4n) is 3.67. The third-order valence-corrected chi connectivity index (χ3v) is 5.09. The largest absolute Gasteiger partial charge is 0.338 e. The normalized spacial score (nSPS) is 20.3. The average molecular weight is 366 g/mol. The number of nitrogens with zero attached hydrogens (tertiary/aromatic N) is 2. The third-order valence-electron chi connectivity index (χ3n) is 5.09. The van der Waals surface area contributed by atoms with Crippen molar-refractivity contribution in [1.82, 2.24) is 4.90 Å². The standard InChI is InChI=1S/C22H26N2O3/c1-21(2)14-26-22(27-15-21)18-11-7-8-12-19(18)24(20(22)25)16-23(3)13-17-9-5-4-6-10-17/h4-12H,13-16H2,1-3H3. The Hall–Kier alpha value is -2.21. The number of carbonyl (C=O) groups is 1. The minimum Gasteiger partial charge on any atom is -0.338 e. The molecule has 2 heterocycles. The summed E-state index contributed by atoms with van der Waals surface area (Å²) >= 11 is 0. The van der Waals surface area contributed by atoms with Crippen LogP contribution in [-0.4, -0.2) is 37.7 Å². The predicted molar refractivity (Wildman–Crippen MR) is 104 cm³/mol. The number of para-hydroxylation sites is 1. The SMILES string of the molecule is CN(Cc1ccccc1)CN1C(=O)C2(OCC(C)(C)CO2)c2ccccc21. The van der Waals surface area contributed by atoms with Crippen molar-refractivity contribution in [2.45, 2.75) is 26.2 Å². The second-order valence-electron chi connectivity index (χ2n) is 8.25.